The minimum absolute atomic E-state index is 0.0768. The zero-order valence-corrected chi connectivity index (χ0v) is 12.3. The molecule has 2 rings (SSSR count). The van der Waals surface area contributed by atoms with Gasteiger partial charge in [0.1, 0.15) is 0 Å². The summed E-state index contributed by atoms with van der Waals surface area (Å²) in [6, 6.07) is 17.2. The van der Waals surface area contributed by atoms with E-state index in [0.29, 0.717) is 0 Å². The number of ketones is 1. The van der Waals surface area contributed by atoms with Crippen LogP contribution in [0.15, 0.2) is 59.5 Å². The highest BCUT2D eigenvalue weighted by molar-refractivity contribution is 8.00. The third kappa shape index (κ3) is 3.97. The van der Waals surface area contributed by atoms with Gasteiger partial charge in [0.25, 0.3) is 0 Å². The minimum atomic E-state index is 0.0768. The molecule has 0 saturated heterocycles. The molecule has 19 heavy (non-hydrogen) atoms. The smallest absolute Gasteiger partial charge is 0.193 e. The van der Waals surface area contributed by atoms with Crippen LogP contribution in [0.4, 0.5) is 0 Å². The zero-order valence-electron chi connectivity index (χ0n) is 11.5. The van der Waals surface area contributed by atoms with Gasteiger partial charge in [0.05, 0.1) is 0 Å². The molecule has 2 aromatic carbocycles. The van der Waals surface area contributed by atoms with Crippen molar-refractivity contribution < 1.29 is 4.79 Å². The Hall–Kier alpha value is -1.54. The van der Waals surface area contributed by atoms with E-state index < -0.39 is 0 Å². The maximum Gasteiger partial charge on any atom is 0.193 e. The Morgan fingerprint density at radius 3 is 1.89 bits per heavy atom. The molecule has 0 unspecified atom stereocenters. The number of benzene rings is 2. The molecule has 0 aliphatic carbocycles. The first kappa shape index (κ1) is 13.9. The summed E-state index contributed by atoms with van der Waals surface area (Å²) < 4.78 is 0.185. The van der Waals surface area contributed by atoms with Crippen LogP contribution in [-0.2, 0) is 0 Å². The summed E-state index contributed by atoms with van der Waals surface area (Å²) in [6.07, 6.45) is 0. The second kappa shape index (κ2) is 5.62. The molecule has 0 heterocycles. The molecule has 0 saturated carbocycles. The fraction of sp³-hybridized carbons (Fsp3) is 0.235. The maximum absolute atomic E-state index is 12.2. The third-order valence-electron chi connectivity index (χ3n) is 2.58. The average molecular weight is 270 g/mol. The van der Waals surface area contributed by atoms with Gasteiger partial charge in [0.2, 0.25) is 0 Å². The first-order chi connectivity index (χ1) is 8.96. The van der Waals surface area contributed by atoms with Crippen molar-refractivity contribution in [2.75, 3.05) is 0 Å². The SMILES string of the molecule is CC(C)(C)Sc1ccc(C(=O)c2ccccc2)cc1. The molecule has 0 radical (unpaired) electrons. The molecule has 0 bridgehead atoms. The van der Waals surface area contributed by atoms with Gasteiger partial charge >= 0.3 is 0 Å². The van der Waals surface area contributed by atoms with E-state index in [4.69, 9.17) is 0 Å². The van der Waals surface area contributed by atoms with Crippen molar-refractivity contribution >= 4 is 17.5 Å². The van der Waals surface area contributed by atoms with E-state index >= 15 is 0 Å². The van der Waals surface area contributed by atoms with Gasteiger partial charge < -0.3 is 0 Å². The van der Waals surface area contributed by atoms with Crippen LogP contribution in [0, 0.1) is 0 Å². The highest BCUT2D eigenvalue weighted by atomic mass is 32.2. The molecule has 0 amide bonds. The Labute approximate surface area is 119 Å². The van der Waals surface area contributed by atoms with Crippen LogP contribution in [0.3, 0.4) is 0 Å². The van der Waals surface area contributed by atoms with Crippen LogP contribution < -0.4 is 0 Å². The van der Waals surface area contributed by atoms with Gasteiger partial charge in [0, 0.05) is 20.8 Å². The van der Waals surface area contributed by atoms with E-state index in [1.807, 2.05) is 54.6 Å². The number of carbonyl (C=O) groups excluding carboxylic acids is 1. The van der Waals surface area contributed by atoms with Gasteiger partial charge in [-0.3, -0.25) is 4.79 Å². The van der Waals surface area contributed by atoms with Crippen LogP contribution in [0.2, 0.25) is 0 Å². The summed E-state index contributed by atoms with van der Waals surface area (Å²) in [7, 11) is 0. The van der Waals surface area contributed by atoms with Crippen LogP contribution >= 0.6 is 11.8 Å². The van der Waals surface area contributed by atoms with Crippen molar-refractivity contribution in [2.45, 2.75) is 30.4 Å². The zero-order chi connectivity index (χ0) is 13.9. The Morgan fingerprint density at radius 2 is 1.37 bits per heavy atom. The van der Waals surface area contributed by atoms with E-state index in [1.165, 1.54) is 4.90 Å². The molecule has 0 spiro atoms. The molecule has 2 heteroatoms. The van der Waals surface area contributed by atoms with Crippen molar-refractivity contribution in [1.82, 2.24) is 0 Å². The van der Waals surface area contributed by atoms with Crippen LogP contribution in [0.5, 0.6) is 0 Å². The summed E-state index contributed by atoms with van der Waals surface area (Å²) >= 11 is 1.81. The summed E-state index contributed by atoms with van der Waals surface area (Å²) in [5.74, 6) is 0.0768. The van der Waals surface area contributed by atoms with Gasteiger partial charge in [0.15, 0.2) is 5.78 Å². The molecule has 0 aromatic heterocycles. The molecule has 0 fully saturated rings. The first-order valence-electron chi connectivity index (χ1n) is 6.34. The van der Waals surface area contributed by atoms with Gasteiger partial charge in [-0.2, -0.15) is 0 Å². The Bertz CT molecular complexity index is 550. The lowest BCUT2D eigenvalue weighted by Crippen LogP contribution is -2.06. The fourth-order valence-corrected chi connectivity index (χ4v) is 2.76. The lowest BCUT2D eigenvalue weighted by molar-refractivity contribution is 0.103. The minimum Gasteiger partial charge on any atom is -0.289 e. The molecule has 0 aliphatic heterocycles. The predicted molar refractivity (Wildman–Crippen MR) is 81.9 cm³/mol. The van der Waals surface area contributed by atoms with E-state index in [9.17, 15) is 4.79 Å². The van der Waals surface area contributed by atoms with Gasteiger partial charge in [-0.25, -0.2) is 0 Å². The average Bonchev–Trinajstić information content (AvgIpc) is 2.38. The van der Waals surface area contributed by atoms with Crippen LogP contribution in [0.1, 0.15) is 36.7 Å². The molecule has 0 aliphatic rings. The quantitative estimate of drug-likeness (QED) is 0.588. The predicted octanol–water partition coefficient (Wildman–Crippen LogP) is 4.81. The van der Waals surface area contributed by atoms with E-state index in [0.717, 1.165) is 11.1 Å². The Kier molecular flexibility index (Phi) is 4.11. The van der Waals surface area contributed by atoms with E-state index in [1.54, 1.807) is 11.8 Å². The lowest BCUT2D eigenvalue weighted by Gasteiger charge is -2.17. The molecule has 0 N–H and O–H groups in total. The maximum atomic E-state index is 12.2. The monoisotopic (exact) mass is 270 g/mol. The van der Waals surface area contributed by atoms with Crippen LogP contribution in [-0.4, -0.2) is 10.5 Å². The largest absolute Gasteiger partial charge is 0.289 e. The molecular formula is C17H18OS. The standard InChI is InChI=1S/C17H18OS/c1-17(2,3)19-15-11-9-14(10-12-15)16(18)13-7-5-4-6-8-13/h4-12H,1-3H3. The highest BCUT2D eigenvalue weighted by Gasteiger charge is 2.13. The number of carbonyl (C=O) groups is 1. The van der Waals surface area contributed by atoms with Crippen molar-refractivity contribution in [2.24, 2.45) is 0 Å². The number of hydrogen-bond donors (Lipinski definition) is 0. The second-order valence-electron chi connectivity index (χ2n) is 5.43. The molecule has 0 atom stereocenters. The summed E-state index contributed by atoms with van der Waals surface area (Å²) in [5, 5.41) is 0. The summed E-state index contributed by atoms with van der Waals surface area (Å²) in [4.78, 5) is 13.4. The number of hydrogen-bond acceptors (Lipinski definition) is 2. The van der Waals surface area contributed by atoms with Gasteiger partial charge in [-0.15, -0.1) is 11.8 Å². The summed E-state index contributed by atoms with van der Waals surface area (Å²) in [5.41, 5.74) is 1.48. The molecule has 2 aromatic rings. The molecule has 1 nitrogen and oxygen atoms in total. The van der Waals surface area contributed by atoms with Crippen molar-refractivity contribution in [1.29, 1.82) is 0 Å². The number of thioether (sulfide) groups is 1. The lowest BCUT2D eigenvalue weighted by atomic mass is 10.0. The van der Waals surface area contributed by atoms with Gasteiger partial charge in [-0.05, 0) is 24.3 Å². The normalized spacial score (nSPS) is 11.3. The summed E-state index contributed by atoms with van der Waals surface area (Å²) in [6.45, 7) is 6.54. The topological polar surface area (TPSA) is 17.1 Å². The molecule has 98 valence electrons. The molecular weight excluding hydrogens is 252 g/mol. The first-order valence-corrected chi connectivity index (χ1v) is 7.16. The van der Waals surface area contributed by atoms with Crippen molar-refractivity contribution in [3.63, 3.8) is 0 Å². The second-order valence-corrected chi connectivity index (χ2v) is 7.33. The van der Waals surface area contributed by atoms with E-state index in [-0.39, 0.29) is 10.5 Å². The van der Waals surface area contributed by atoms with E-state index in [2.05, 4.69) is 20.8 Å². The Morgan fingerprint density at radius 1 is 0.842 bits per heavy atom. The van der Waals surface area contributed by atoms with Crippen LogP contribution in [0.25, 0.3) is 0 Å². The van der Waals surface area contributed by atoms with Crippen molar-refractivity contribution in [3.8, 4) is 0 Å². The van der Waals surface area contributed by atoms with Gasteiger partial charge in [-0.1, -0.05) is 51.1 Å². The highest BCUT2D eigenvalue weighted by Crippen LogP contribution is 2.31. The number of rotatable bonds is 3. The van der Waals surface area contributed by atoms with Crippen molar-refractivity contribution in [3.05, 3.63) is 65.7 Å². The third-order valence-corrected chi connectivity index (χ3v) is 3.70. The Balaban J connectivity index is 2.17. The fourth-order valence-electron chi connectivity index (χ4n) is 1.78.